The van der Waals surface area contributed by atoms with E-state index in [1.54, 1.807) is 0 Å². The third kappa shape index (κ3) is 3.09. The number of rotatable bonds is 3. The summed E-state index contributed by atoms with van der Waals surface area (Å²) in [6.07, 6.45) is 1.09. The summed E-state index contributed by atoms with van der Waals surface area (Å²) in [5, 5.41) is 11.4. The van der Waals surface area contributed by atoms with E-state index in [9.17, 15) is 13.6 Å². The molecule has 1 aromatic rings. The van der Waals surface area contributed by atoms with E-state index in [4.69, 9.17) is 10.1 Å². The third-order valence-corrected chi connectivity index (χ3v) is 4.16. The Labute approximate surface area is 138 Å². The average molecular weight is 337 g/mol. The number of halogens is 2. The number of hydrogen-bond acceptors (Lipinski definition) is 4. The van der Waals surface area contributed by atoms with Gasteiger partial charge in [-0.25, -0.2) is 8.78 Å². The predicted octanol–water partition coefficient (Wildman–Crippen LogP) is -0.363. The van der Waals surface area contributed by atoms with E-state index < -0.39 is 17.5 Å². The van der Waals surface area contributed by atoms with Crippen LogP contribution < -0.4 is 16.0 Å². The number of nitrogens with one attached hydrogen (secondary N) is 2. The SMILES string of the molecule is CC1OC(C(=O)Nc2cc(F)cc(F)c2)=C(C=[NH2+])N2CCNCC12. The molecule has 0 spiro atoms. The Kier molecular flexibility index (Phi) is 4.48. The molecule has 0 saturated carbocycles. The van der Waals surface area contributed by atoms with Crippen molar-refractivity contribution in [1.29, 1.82) is 0 Å². The number of nitrogens with two attached hydrogens (primary N) is 1. The fourth-order valence-corrected chi connectivity index (χ4v) is 3.05. The number of piperazine rings is 1. The van der Waals surface area contributed by atoms with Gasteiger partial charge in [-0.1, -0.05) is 0 Å². The minimum Gasteiger partial charge on any atom is -0.481 e. The summed E-state index contributed by atoms with van der Waals surface area (Å²) in [7, 11) is 0. The number of anilines is 1. The zero-order valence-electron chi connectivity index (χ0n) is 13.2. The first kappa shape index (κ1) is 16.4. The van der Waals surface area contributed by atoms with Crippen molar-refractivity contribution in [1.82, 2.24) is 10.2 Å². The average Bonchev–Trinajstić information content (AvgIpc) is 2.54. The third-order valence-electron chi connectivity index (χ3n) is 4.16. The molecule has 6 nitrogen and oxygen atoms in total. The van der Waals surface area contributed by atoms with Crippen molar-refractivity contribution in [2.75, 3.05) is 25.0 Å². The number of carbonyl (C=O) groups excluding carboxylic acids is 1. The molecule has 0 radical (unpaired) electrons. The van der Waals surface area contributed by atoms with Crippen LogP contribution in [0.4, 0.5) is 14.5 Å². The van der Waals surface area contributed by atoms with Crippen LogP contribution in [-0.4, -0.2) is 48.8 Å². The summed E-state index contributed by atoms with van der Waals surface area (Å²) in [6, 6.07) is 2.87. The van der Waals surface area contributed by atoms with Gasteiger partial charge < -0.3 is 20.3 Å². The van der Waals surface area contributed by atoms with Crippen LogP contribution in [0.25, 0.3) is 0 Å². The van der Waals surface area contributed by atoms with E-state index in [-0.39, 0.29) is 23.6 Å². The predicted molar refractivity (Wildman–Crippen MR) is 83.9 cm³/mol. The molecule has 0 bridgehead atoms. The molecular weight excluding hydrogens is 318 g/mol. The van der Waals surface area contributed by atoms with Crippen LogP contribution in [-0.2, 0) is 9.53 Å². The second kappa shape index (κ2) is 6.56. The normalized spacial score (nSPS) is 23.4. The summed E-state index contributed by atoms with van der Waals surface area (Å²) in [6.45, 7) is 4.05. The molecule has 2 aliphatic heterocycles. The lowest BCUT2D eigenvalue weighted by Gasteiger charge is -2.44. The highest BCUT2D eigenvalue weighted by atomic mass is 19.1. The number of nitrogens with zero attached hydrogens (tertiary/aromatic N) is 1. The van der Waals surface area contributed by atoms with Gasteiger partial charge >= 0.3 is 0 Å². The van der Waals surface area contributed by atoms with Gasteiger partial charge in [0, 0.05) is 31.4 Å². The Morgan fingerprint density at radius 2 is 2.12 bits per heavy atom. The van der Waals surface area contributed by atoms with Crippen molar-refractivity contribution in [3.05, 3.63) is 41.3 Å². The molecular formula is C16H19F2N4O2+. The van der Waals surface area contributed by atoms with E-state index in [0.29, 0.717) is 12.2 Å². The van der Waals surface area contributed by atoms with Gasteiger partial charge in [0.1, 0.15) is 23.4 Å². The largest absolute Gasteiger partial charge is 0.481 e. The van der Waals surface area contributed by atoms with E-state index in [1.807, 2.05) is 11.8 Å². The first-order valence-corrected chi connectivity index (χ1v) is 7.70. The quantitative estimate of drug-likeness (QED) is 0.658. The molecule has 128 valence electrons. The van der Waals surface area contributed by atoms with Crippen molar-refractivity contribution < 1.29 is 23.7 Å². The van der Waals surface area contributed by atoms with Crippen molar-refractivity contribution in [2.24, 2.45) is 0 Å². The van der Waals surface area contributed by atoms with Gasteiger partial charge in [0.05, 0.1) is 6.04 Å². The summed E-state index contributed by atoms with van der Waals surface area (Å²) >= 11 is 0. The zero-order chi connectivity index (χ0) is 17.3. The van der Waals surface area contributed by atoms with Crippen LogP contribution in [0.15, 0.2) is 29.7 Å². The second-order valence-corrected chi connectivity index (χ2v) is 5.78. The van der Waals surface area contributed by atoms with Gasteiger partial charge in [-0.2, -0.15) is 0 Å². The summed E-state index contributed by atoms with van der Waals surface area (Å²) in [5.41, 5.74) is 0.494. The highest BCUT2D eigenvalue weighted by Gasteiger charge is 2.39. The Balaban J connectivity index is 1.89. The number of carbonyl (C=O) groups is 1. The second-order valence-electron chi connectivity index (χ2n) is 5.78. The Morgan fingerprint density at radius 3 is 2.79 bits per heavy atom. The van der Waals surface area contributed by atoms with Gasteiger partial charge in [-0.15, -0.1) is 0 Å². The Hall–Kier alpha value is -2.48. The monoisotopic (exact) mass is 337 g/mol. The minimum atomic E-state index is -0.773. The Morgan fingerprint density at radius 1 is 1.42 bits per heavy atom. The van der Waals surface area contributed by atoms with Gasteiger partial charge in [-0.05, 0) is 19.1 Å². The molecule has 1 aromatic carbocycles. The van der Waals surface area contributed by atoms with Crippen LogP contribution in [0.3, 0.4) is 0 Å². The molecule has 2 heterocycles. The highest BCUT2D eigenvalue weighted by molar-refractivity contribution is 6.05. The lowest BCUT2D eigenvalue weighted by atomic mass is 10.0. The molecule has 1 fully saturated rings. The summed E-state index contributed by atoms with van der Waals surface area (Å²) < 4.78 is 32.3. The molecule has 0 aromatic heterocycles. The number of hydrogen-bond donors (Lipinski definition) is 3. The van der Waals surface area contributed by atoms with E-state index >= 15 is 0 Å². The standard InChI is InChI=1S/C16H18F2N4O2/c1-9-14-8-20-2-3-22(14)13(7-19)15(24-9)16(23)21-12-5-10(17)4-11(18)6-12/h4-7,9,14,19-20H,2-3,8H2,1H3,(H,21,23)/p+1. The van der Waals surface area contributed by atoms with Gasteiger partial charge in [0.15, 0.2) is 6.21 Å². The van der Waals surface area contributed by atoms with Crippen molar-refractivity contribution in [2.45, 2.75) is 19.1 Å². The fraction of sp³-hybridized carbons (Fsp3) is 0.375. The fourth-order valence-electron chi connectivity index (χ4n) is 3.05. The number of amides is 1. The van der Waals surface area contributed by atoms with Crippen LogP contribution in [0, 0.1) is 11.6 Å². The highest BCUT2D eigenvalue weighted by Crippen LogP contribution is 2.27. The van der Waals surface area contributed by atoms with E-state index in [2.05, 4.69) is 10.6 Å². The topological polar surface area (TPSA) is 79.2 Å². The number of ether oxygens (including phenoxy) is 1. The molecule has 3 rings (SSSR count). The van der Waals surface area contributed by atoms with Crippen LogP contribution in [0.1, 0.15) is 6.92 Å². The lowest BCUT2D eigenvalue weighted by molar-refractivity contribution is -0.122. The first-order valence-electron chi connectivity index (χ1n) is 7.70. The molecule has 1 amide bonds. The summed E-state index contributed by atoms with van der Waals surface area (Å²) in [4.78, 5) is 14.5. The van der Waals surface area contributed by atoms with Gasteiger partial charge in [0.25, 0.3) is 5.91 Å². The molecule has 2 atom stereocenters. The van der Waals surface area contributed by atoms with Gasteiger partial charge in [0.2, 0.25) is 5.76 Å². The van der Waals surface area contributed by atoms with Crippen LogP contribution in [0.5, 0.6) is 0 Å². The van der Waals surface area contributed by atoms with Crippen LogP contribution >= 0.6 is 0 Å². The van der Waals surface area contributed by atoms with Crippen molar-refractivity contribution in [3.8, 4) is 0 Å². The zero-order valence-corrected chi connectivity index (χ0v) is 13.2. The summed E-state index contributed by atoms with van der Waals surface area (Å²) in [5.74, 6) is -2.09. The lowest BCUT2D eigenvalue weighted by Crippen LogP contribution is -2.60. The maximum absolute atomic E-state index is 13.3. The molecule has 2 unspecified atom stereocenters. The van der Waals surface area contributed by atoms with Crippen molar-refractivity contribution >= 4 is 17.8 Å². The molecule has 0 aliphatic carbocycles. The molecule has 4 N–H and O–H groups in total. The van der Waals surface area contributed by atoms with E-state index in [0.717, 1.165) is 31.3 Å². The smallest absolute Gasteiger partial charge is 0.293 e. The van der Waals surface area contributed by atoms with E-state index in [1.165, 1.54) is 6.21 Å². The molecule has 2 aliphatic rings. The number of benzene rings is 1. The first-order chi connectivity index (χ1) is 11.5. The van der Waals surface area contributed by atoms with Crippen LogP contribution in [0.2, 0.25) is 0 Å². The maximum Gasteiger partial charge on any atom is 0.293 e. The molecule has 8 heteroatoms. The maximum atomic E-state index is 13.3. The Bertz CT molecular complexity index is 687. The molecule has 24 heavy (non-hydrogen) atoms. The van der Waals surface area contributed by atoms with Crippen molar-refractivity contribution in [3.63, 3.8) is 0 Å². The van der Waals surface area contributed by atoms with Gasteiger partial charge in [-0.3, -0.25) is 10.2 Å². The minimum absolute atomic E-state index is 0.0139. The number of fused-ring (bicyclic) bond motifs is 1. The number of allylic oxidation sites excluding steroid dienone is 1. The molecule has 1 saturated heterocycles.